The number of aromatic nitrogens is 1. The maximum atomic E-state index is 4.67. The van der Waals surface area contributed by atoms with Crippen LogP contribution in [0.2, 0.25) is 0 Å². The topological polar surface area (TPSA) is 49.6 Å². The SMILES string of the molecule is CCCN=C1Nc2ccc(Br)cc2C(c2ccccn2)=NS1. The van der Waals surface area contributed by atoms with E-state index in [4.69, 9.17) is 0 Å². The van der Waals surface area contributed by atoms with E-state index in [0.29, 0.717) is 0 Å². The lowest BCUT2D eigenvalue weighted by molar-refractivity contribution is 0.935. The van der Waals surface area contributed by atoms with Crippen molar-refractivity contribution in [1.82, 2.24) is 4.98 Å². The Bertz CT molecular complexity index is 728. The van der Waals surface area contributed by atoms with E-state index in [2.05, 4.69) is 48.6 Å². The number of hydrogen-bond acceptors (Lipinski definition) is 4. The fourth-order valence-corrected chi connectivity index (χ4v) is 3.10. The molecule has 22 heavy (non-hydrogen) atoms. The van der Waals surface area contributed by atoms with Gasteiger partial charge in [0.25, 0.3) is 0 Å². The second-order valence-electron chi connectivity index (χ2n) is 4.75. The first-order valence-corrected chi connectivity index (χ1v) is 8.62. The summed E-state index contributed by atoms with van der Waals surface area (Å²) >= 11 is 4.89. The van der Waals surface area contributed by atoms with Crippen LogP contribution in [-0.2, 0) is 0 Å². The maximum Gasteiger partial charge on any atom is 0.184 e. The lowest BCUT2D eigenvalue weighted by Crippen LogP contribution is -2.09. The number of fused-ring (bicyclic) bond motifs is 1. The largest absolute Gasteiger partial charge is 0.333 e. The molecule has 0 unspecified atom stereocenters. The molecule has 1 N–H and O–H groups in total. The summed E-state index contributed by atoms with van der Waals surface area (Å²) in [4.78, 5) is 8.97. The Hall–Kier alpha value is -1.66. The van der Waals surface area contributed by atoms with Crippen molar-refractivity contribution in [2.45, 2.75) is 13.3 Å². The molecule has 6 heteroatoms. The molecule has 0 saturated heterocycles. The van der Waals surface area contributed by atoms with E-state index in [1.54, 1.807) is 6.20 Å². The smallest absolute Gasteiger partial charge is 0.184 e. The number of pyridine rings is 1. The molecule has 0 spiro atoms. The van der Waals surface area contributed by atoms with Gasteiger partial charge in [-0.05, 0) is 36.8 Å². The Labute approximate surface area is 142 Å². The Balaban J connectivity index is 2.09. The number of rotatable bonds is 3. The molecule has 1 aliphatic heterocycles. The van der Waals surface area contributed by atoms with Gasteiger partial charge in [0.05, 0.1) is 5.69 Å². The molecule has 112 valence electrons. The molecule has 0 radical (unpaired) electrons. The van der Waals surface area contributed by atoms with Gasteiger partial charge in [0.1, 0.15) is 5.71 Å². The summed E-state index contributed by atoms with van der Waals surface area (Å²) < 4.78 is 5.68. The van der Waals surface area contributed by atoms with Crippen molar-refractivity contribution in [3.63, 3.8) is 0 Å². The Morgan fingerprint density at radius 3 is 2.95 bits per heavy atom. The summed E-state index contributed by atoms with van der Waals surface area (Å²) in [6.45, 7) is 2.90. The van der Waals surface area contributed by atoms with Crippen LogP contribution in [0, 0.1) is 0 Å². The van der Waals surface area contributed by atoms with Gasteiger partial charge in [0.15, 0.2) is 5.17 Å². The third kappa shape index (κ3) is 3.39. The fourth-order valence-electron chi connectivity index (χ4n) is 2.07. The molecule has 1 aromatic heterocycles. The molecule has 0 bridgehead atoms. The quantitative estimate of drug-likeness (QED) is 0.803. The van der Waals surface area contributed by atoms with Gasteiger partial charge in [-0.1, -0.05) is 28.9 Å². The average Bonchev–Trinajstić information content (AvgIpc) is 2.73. The fraction of sp³-hybridized carbons (Fsp3) is 0.188. The van der Waals surface area contributed by atoms with E-state index in [-0.39, 0.29) is 0 Å². The molecule has 2 aromatic rings. The van der Waals surface area contributed by atoms with Gasteiger partial charge in [0.2, 0.25) is 0 Å². The normalized spacial score (nSPS) is 15.7. The van der Waals surface area contributed by atoms with Crippen molar-refractivity contribution in [2.24, 2.45) is 9.39 Å². The lowest BCUT2D eigenvalue weighted by atomic mass is 10.0. The molecular weight excluding hydrogens is 360 g/mol. The second-order valence-corrected chi connectivity index (χ2v) is 6.42. The molecule has 3 rings (SSSR count). The minimum atomic E-state index is 0.787. The zero-order valence-electron chi connectivity index (χ0n) is 12.1. The molecule has 1 aromatic carbocycles. The molecular formula is C16H15BrN4S. The van der Waals surface area contributed by atoms with Crippen LogP contribution in [0.3, 0.4) is 0 Å². The van der Waals surface area contributed by atoms with Crippen LogP contribution >= 0.6 is 27.9 Å². The van der Waals surface area contributed by atoms with Crippen molar-refractivity contribution in [3.05, 3.63) is 58.3 Å². The summed E-state index contributed by atoms with van der Waals surface area (Å²) in [5, 5.41) is 4.19. The van der Waals surface area contributed by atoms with E-state index < -0.39 is 0 Å². The van der Waals surface area contributed by atoms with E-state index in [1.165, 1.54) is 11.9 Å². The number of nitrogens with one attached hydrogen (secondary N) is 1. The third-order valence-electron chi connectivity index (χ3n) is 3.09. The van der Waals surface area contributed by atoms with Crippen molar-refractivity contribution in [3.8, 4) is 0 Å². The van der Waals surface area contributed by atoms with Gasteiger partial charge in [-0.15, -0.1) is 0 Å². The summed E-state index contributed by atoms with van der Waals surface area (Å²) in [5.74, 6) is 0. The van der Waals surface area contributed by atoms with Gasteiger partial charge in [0, 0.05) is 40.4 Å². The highest BCUT2D eigenvalue weighted by Crippen LogP contribution is 2.29. The van der Waals surface area contributed by atoms with Gasteiger partial charge >= 0.3 is 0 Å². The number of aliphatic imine (C=N–C) groups is 1. The zero-order chi connectivity index (χ0) is 15.4. The highest BCUT2D eigenvalue weighted by molar-refractivity contribution is 9.10. The number of anilines is 1. The van der Waals surface area contributed by atoms with E-state index in [0.717, 1.165) is 45.3 Å². The predicted molar refractivity (Wildman–Crippen MR) is 97.8 cm³/mol. The number of halogens is 1. The van der Waals surface area contributed by atoms with Crippen molar-refractivity contribution in [2.75, 3.05) is 11.9 Å². The Morgan fingerprint density at radius 1 is 1.27 bits per heavy atom. The Morgan fingerprint density at radius 2 is 2.18 bits per heavy atom. The zero-order valence-corrected chi connectivity index (χ0v) is 14.5. The highest BCUT2D eigenvalue weighted by Gasteiger charge is 2.18. The Kier molecular flexibility index (Phi) is 4.90. The molecule has 4 nitrogen and oxygen atoms in total. The first-order valence-electron chi connectivity index (χ1n) is 7.05. The molecule has 0 saturated carbocycles. The van der Waals surface area contributed by atoms with Gasteiger partial charge in [-0.25, -0.2) is 4.40 Å². The number of amidine groups is 1. The van der Waals surface area contributed by atoms with Crippen LogP contribution in [0.15, 0.2) is 56.5 Å². The summed E-state index contributed by atoms with van der Waals surface area (Å²) in [7, 11) is 0. The predicted octanol–water partition coefficient (Wildman–Crippen LogP) is 4.52. The molecule has 2 heterocycles. The van der Waals surface area contributed by atoms with Crippen LogP contribution in [0.1, 0.15) is 24.6 Å². The molecule has 0 fully saturated rings. The number of nitrogens with zero attached hydrogens (tertiary/aromatic N) is 3. The van der Waals surface area contributed by atoms with Gasteiger partial charge in [-0.3, -0.25) is 9.98 Å². The standard InChI is InChI=1S/C16H15BrN4S/c1-2-8-19-16-20-13-7-6-11(17)10-12(13)15(21-22-16)14-5-3-4-9-18-14/h3-7,9-10H,2,8H2,1H3,(H,19,20). The third-order valence-corrected chi connectivity index (χ3v) is 4.26. The lowest BCUT2D eigenvalue weighted by Gasteiger charge is -2.10. The van der Waals surface area contributed by atoms with Crippen molar-refractivity contribution < 1.29 is 0 Å². The summed E-state index contributed by atoms with van der Waals surface area (Å²) in [6.07, 6.45) is 2.79. The average molecular weight is 375 g/mol. The van der Waals surface area contributed by atoms with E-state index in [1.807, 2.05) is 30.3 Å². The molecule has 1 aliphatic rings. The van der Waals surface area contributed by atoms with Crippen LogP contribution < -0.4 is 5.32 Å². The highest BCUT2D eigenvalue weighted by atomic mass is 79.9. The first kappa shape index (κ1) is 15.2. The number of benzene rings is 1. The number of hydrogen-bond donors (Lipinski definition) is 1. The second kappa shape index (κ2) is 7.07. The van der Waals surface area contributed by atoms with Crippen molar-refractivity contribution in [1.29, 1.82) is 0 Å². The van der Waals surface area contributed by atoms with Crippen LogP contribution in [-0.4, -0.2) is 22.4 Å². The summed E-state index contributed by atoms with van der Waals surface area (Å²) in [5.41, 5.74) is 3.72. The minimum absolute atomic E-state index is 0.787. The minimum Gasteiger partial charge on any atom is -0.333 e. The maximum absolute atomic E-state index is 4.67. The van der Waals surface area contributed by atoms with Crippen LogP contribution in [0.4, 0.5) is 5.69 Å². The first-order chi connectivity index (χ1) is 10.8. The molecule has 0 atom stereocenters. The van der Waals surface area contributed by atoms with Crippen molar-refractivity contribution >= 4 is 44.4 Å². The van der Waals surface area contributed by atoms with Crippen LogP contribution in [0.25, 0.3) is 0 Å². The van der Waals surface area contributed by atoms with Crippen LogP contribution in [0.5, 0.6) is 0 Å². The van der Waals surface area contributed by atoms with E-state index >= 15 is 0 Å². The molecule has 0 amide bonds. The molecule has 0 aliphatic carbocycles. The van der Waals surface area contributed by atoms with Gasteiger partial charge < -0.3 is 5.32 Å². The van der Waals surface area contributed by atoms with E-state index in [9.17, 15) is 0 Å². The monoisotopic (exact) mass is 374 g/mol. The van der Waals surface area contributed by atoms with Gasteiger partial charge in [-0.2, -0.15) is 0 Å². The summed E-state index contributed by atoms with van der Waals surface area (Å²) in [6, 6.07) is 11.9.